The maximum Gasteiger partial charge on any atom is 0.340 e. The van der Waals surface area contributed by atoms with Crippen LogP contribution in [0.2, 0.25) is 0 Å². The molecule has 0 saturated carbocycles. The largest absolute Gasteiger partial charge is 0.394 e. The first kappa shape index (κ1) is 17.0. The molecule has 0 unspecified atom stereocenters. The van der Waals surface area contributed by atoms with Crippen molar-refractivity contribution < 1.29 is 30.0 Å². The summed E-state index contributed by atoms with van der Waals surface area (Å²) in [4.78, 5) is 22.1. The van der Waals surface area contributed by atoms with E-state index < -0.39 is 43.3 Å². The zero-order valence-electron chi connectivity index (χ0n) is 10.3. The average Bonchev–Trinajstić information content (AvgIpc) is 2.44. The molecule has 1 rings (SSSR count). The topological polar surface area (TPSA) is 152 Å². The quantitative estimate of drug-likeness (QED) is 0.218. The molecule has 0 radical (unpaired) electrons. The van der Waals surface area contributed by atoms with Gasteiger partial charge in [-0.3, -0.25) is 0 Å². The van der Waals surface area contributed by atoms with Crippen LogP contribution in [0.1, 0.15) is 0 Å². The van der Waals surface area contributed by atoms with Crippen molar-refractivity contribution in [3.8, 4) is 0 Å². The fraction of sp³-hybridized carbons (Fsp3) is 0.889. The zero-order chi connectivity index (χ0) is 15.3. The van der Waals surface area contributed by atoms with Gasteiger partial charge in [0.05, 0.1) is 18.4 Å². The Morgan fingerprint density at radius 2 is 2.00 bits per heavy atom. The van der Waals surface area contributed by atoms with E-state index in [-0.39, 0.29) is 12.4 Å². The van der Waals surface area contributed by atoms with Crippen LogP contribution in [0.4, 0.5) is 4.79 Å². The molecule has 1 heterocycles. The molecule has 10 nitrogen and oxygen atoms in total. The molecule has 0 spiro atoms. The van der Waals surface area contributed by atoms with E-state index in [2.05, 4.69) is 10.6 Å². The minimum absolute atomic E-state index is 0.0410. The van der Waals surface area contributed by atoms with Crippen LogP contribution in [0.25, 0.3) is 0 Å². The number of nitroso groups, excluding NO2 is 1. The molecule has 116 valence electrons. The van der Waals surface area contributed by atoms with Crippen LogP contribution in [0.3, 0.4) is 0 Å². The second-order valence-electron chi connectivity index (χ2n) is 4.10. The highest BCUT2D eigenvalue weighted by Gasteiger charge is 2.44. The molecule has 1 aliphatic rings. The first-order valence-corrected chi connectivity index (χ1v) is 6.27. The van der Waals surface area contributed by atoms with Gasteiger partial charge >= 0.3 is 6.03 Å². The summed E-state index contributed by atoms with van der Waals surface area (Å²) in [7, 11) is 0. The van der Waals surface area contributed by atoms with Gasteiger partial charge in [-0.2, -0.15) is 5.01 Å². The Balaban J connectivity index is 2.70. The third-order valence-corrected chi connectivity index (χ3v) is 2.99. The molecule has 1 aliphatic heterocycles. The Labute approximate surface area is 118 Å². The highest BCUT2D eigenvalue weighted by atomic mass is 35.5. The number of ether oxygens (including phenoxy) is 1. The van der Waals surface area contributed by atoms with Gasteiger partial charge in [0.1, 0.15) is 24.4 Å². The number of hydrogen-bond acceptors (Lipinski definition) is 8. The smallest absolute Gasteiger partial charge is 0.340 e. The number of amides is 2. The van der Waals surface area contributed by atoms with Gasteiger partial charge in [-0.15, -0.1) is 16.5 Å². The Morgan fingerprint density at radius 3 is 2.50 bits per heavy atom. The molecule has 11 heteroatoms. The van der Waals surface area contributed by atoms with Gasteiger partial charge in [-0.25, -0.2) is 4.79 Å². The number of urea groups is 1. The predicted octanol–water partition coefficient (Wildman–Crippen LogP) is -2.28. The first-order valence-electron chi connectivity index (χ1n) is 5.74. The van der Waals surface area contributed by atoms with Crippen LogP contribution < -0.4 is 5.32 Å². The maximum absolute atomic E-state index is 11.6. The van der Waals surface area contributed by atoms with E-state index in [0.29, 0.717) is 5.01 Å². The number of aliphatic hydroxyl groups excluding tert-OH is 4. The molecular formula is C9H16ClN3O7. The second-order valence-corrected chi connectivity index (χ2v) is 4.48. The number of hydrogen-bond donors (Lipinski definition) is 5. The Bertz CT molecular complexity index is 348. The lowest BCUT2D eigenvalue weighted by Gasteiger charge is -2.40. The van der Waals surface area contributed by atoms with E-state index in [9.17, 15) is 25.0 Å². The number of nitrogens with one attached hydrogen (secondary N) is 1. The van der Waals surface area contributed by atoms with E-state index in [1.807, 2.05) is 0 Å². The zero-order valence-corrected chi connectivity index (χ0v) is 11.0. The fourth-order valence-corrected chi connectivity index (χ4v) is 1.89. The van der Waals surface area contributed by atoms with Crippen molar-refractivity contribution in [3.05, 3.63) is 4.91 Å². The molecule has 0 aromatic rings. The van der Waals surface area contributed by atoms with Gasteiger partial charge in [0, 0.05) is 5.88 Å². The van der Waals surface area contributed by atoms with Crippen molar-refractivity contribution >= 4 is 17.6 Å². The highest BCUT2D eigenvalue weighted by Crippen LogP contribution is 2.19. The summed E-state index contributed by atoms with van der Waals surface area (Å²) >= 11 is 5.37. The van der Waals surface area contributed by atoms with Crippen LogP contribution in [0.15, 0.2) is 5.29 Å². The summed E-state index contributed by atoms with van der Waals surface area (Å²) in [5, 5.41) is 42.9. The number of alkyl halides is 1. The van der Waals surface area contributed by atoms with Crippen LogP contribution >= 0.6 is 11.6 Å². The van der Waals surface area contributed by atoms with Gasteiger partial charge in [-0.05, 0) is 0 Å². The predicted molar refractivity (Wildman–Crippen MR) is 65.5 cm³/mol. The standard InChI is InChI=1S/C9H16ClN3O7/c10-1-2-13(12-19)9(18)11-5-7(16)6(15)4(3-14)20-8(5)17/h4-8,14-17H,1-3H2,(H,11,18)/t4-,5+,6-,7-,8+/m1/s1. The highest BCUT2D eigenvalue weighted by molar-refractivity contribution is 6.18. The molecular weight excluding hydrogens is 298 g/mol. The van der Waals surface area contributed by atoms with Crippen molar-refractivity contribution in [1.29, 1.82) is 0 Å². The maximum atomic E-state index is 11.6. The summed E-state index contributed by atoms with van der Waals surface area (Å²) in [6.07, 6.45) is -5.96. The Morgan fingerprint density at radius 1 is 1.35 bits per heavy atom. The summed E-state index contributed by atoms with van der Waals surface area (Å²) < 4.78 is 4.83. The summed E-state index contributed by atoms with van der Waals surface area (Å²) in [6.45, 7) is -0.789. The van der Waals surface area contributed by atoms with Gasteiger partial charge in [0.15, 0.2) is 6.29 Å². The van der Waals surface area contributed by atoms with E-state index in [1.54, 1.807) is 0 Å². The van der Waals surface area contributed by atoms with Crippen LogP contribution in [0.5, 0.6) is 0 Å². The number of carbonyl (C=O) groups is 1. The second kappa shape index (κ2) is 7.67. The monoisotopic (exact) mass is 313 g/mol. The van der Waals surface area contributed by atoms with Crippen molar-refractivity contribution in [2.45, 2.75) is 30.6 Å². The average molecular weight is 314 g/mol. The van der Waals surface area contributed by atoms with Crippen molar-refractivity contribution in [1.82, 2.24) is 10.3 Å². The van der Waals surface area contributed by atoms with Crippen molar-refractivity contribution in [3.63, 3.8) is 0 Å². The minimum atomic E-state index is -1.67. The third-order valence-electron chi connectivity index (χ3n) is 2.82. The minimum Gasteiger partial charge on any atom is -0.394 e. The number of halogens is 1. The van der Waals surface area contributed by atoms with E-state index in [0.717, 1.165) is 0 Å². The van der Waals surface area contributed by atoms with Gasteiger partial charge in [0.2, 0.25) is 0 Å². The van der Waals surface area contributed by atoms with Crippen molar-refractivity contribution in [2.75, 3.05) is 19.0 Å². The molecule has 20 heavy (non-hydrogen) atoms. The summed E-state index contributed by atoms with van der Waals surface area (Å²) in [5.74, 6) is -0.0410. The Hall–Kier alpha value is -1.04. The van der Waals surface area contributed by atoms with Crippen LogP contribution in [-0.4, -0.2) is 81.1 Å². The normalized spacial score (nSPS) is 33.5. The lowest BCUT2D eigenvalue weighted by atomic mass is 9.97. The lowest BCUT2D eigenvalue weighted by Crippen LogP contribution is -2.65. The molecule has 5 atom stereocenters. The first-order chi connectivity index (χ1) is 9.46. The molecule has 2 amide bonds. The Kier molecular flexibility index (Phi) is 6.52. The molecule has 5 N–H and O–H groups in total. The number of aliphatic hydroxyl groups is 4. The van der Waals surface area contributed by atoms with Crippen LogP contribution in [-0.2, 0) is 4.74 Å². The fourth-order valence-electron chi connectivity index (χ4n) is 1.73. The van der Waals surface area contributed by atoms with Gasteiger partial charge in [0.25, 0.3) is 0 Å². The van der Waals surface area contributed by atoms with E-state index in [4.69, 9.17) is 21.4 Å². The number of rotatable bonds is 5. The molecule has 0 aromatic heterocycles. The molecule has 0 aliphatic carbocycles. The SMILES string of the molecule is O=NN(CCCl)C(=O)N[C@H]1[C@@H](O)[C@H](O)[C@@H](CO)O[C@@H]1O. The number of nitrogens with zero attached hydrogens (tertiary/aromatic N) is 2. The lowest BCUT2D eigenvalue weighted by molar-refractivity contribution is -0.252. The van der Waals surface area contributed by atoms with Crippen LogP contribution in [0, 0.1) is 4.91 Å². The van der Waals surface area contributed by atoms with Crippen molar-refractivity contribution in [2.24, 2.45) is 5.29 Å². The van der Waals surface area contributed by atoms with Gasteiger partial charge < -0.3 is 30.5 Å². The molecule has 0 aromatic carbocycles. The number of carbonyl (C=O) groups excluding carboxylic acids is 1. The molecule has 0 bridgehead atoms. The van der Waals surface area contributed by atoms with Gasteiger partial charge in [-0.1, -0.05) is 0 Å². The summed E-state index contributed by atoms with van der Waals surface area (Å²) in [6, 6.07) is -2.40. The van der Waals surface area contributed by atoms with E-state index >= 15 is 0 Å². The molecule has 1 saturated heterocycles. The van der Waals surface area contributed by atoms with E-state index in [1.165, 1.54) is 0 Å². The third kappa shape index (κ3) is 3.75. The molecule has 1 fully saturated rings. The summed E-state index contributed by atoms with van der Waals surface area (Å²) in [5.41, 5.74) is 0.